The van der Waals surface area contributed by atoms with Crippen LogP contribution < -0.4 is 5.73 Å². The van der Waals surface area contributed by atoms with Gasteiger partial charge in [0.15, 0.2) is 0 Å². The maximum atomic E-state index is 12.0. The van der Waals surface area contributed by atoms with Gasteiger partial charge in [-0.1, -0.05) is 0 Å². The molecule has 0 saturated heterocycles. The van der Waals surface area contributed by atoms with E-state index in [2.05, 4.69) is 0 Å². The molecular formula is C11H24N2O3S. The van der Waals surface area contributed by atoms with Gasteiger partial charge in [-0.2, -0.15) is 0 Å². The first-order valence-corrected chi connectivity index (χ1v) is 7.76. The highest BCUT2D eigenvalue weighted by Crippen LogP contribution is 2.35. The van der Waals surface area contributed by atoms with E-state index in [1.54, 1.807) is 7.05 Å². The van der Waals surface area contributed by atoms with Crippen molar-refractivity contribution in [1.29, 1.82) is 0 Å². The molecule has 1 saturated carbocycles. The lowest BCUT2D eigenvalue weighted by Gasteiger charge is -2.26. The summed E-state index contributed by atoms with van der Waals surface area (Å²) in [6, 6.07) is -0.0425. The molecule has 0 aromatic rings. The normalized spacial score (nSPS) is 18.9. The third-order valence-corrected chi connectivity index (χ3v) is 4.94. The zero-order valence-electron chi connectivity index (χ0n) is 10.9. The summed E-state index contributed by atoms with van der Waals surface area (Å²) >= 11 is 0. The Balaban J connectivity index is 2.49. The molecule has 1 atom stereocenters. The second-order valence-corrected chi connectivity index (χ2v) is 7.04. The van der Waals surface area contributed by atoms with Crippen molar-refractivity contribution in [3.63, 3.8) is 0 Å². The fourth-order valence-electron chi connectivity index (χ4n) is 1.86. The number of hydrogen-bond acceptors (Lipinski definition) is 4. The van der Waals surface area contributed by atoms with Crippen LogP contribution in [0.1, 0.15) is 26.7 Å². The number of nitrogens with two attached hydrogens (primary N) is 1. The van der Waals surface area contributed by atoms with Crippen LogP contribution in [-0.4, -0.2) is 50.8 Å². The molecule has 1 aliphatic rings. The standard InChI is InChI=1S/C11H24N2O3S/c1-9(2)16-6-7-17(14,15)13(3)11(8-12)10-4-5-10/h9-11H,4-8,12H2,1-3H3. The molecule has 0 aromatic carbocycles. The van der Waals surface area contributed by atoms with Crippen LogP contribution in [0.25, 0.3) is 0 Å². The Bertz CT molecular complexity index is 326. The van der Waals surface area contributed by atoms with E-state index >= 15 is 0 Å². The Morgan fingerprint density at radius 2 is 2.00 bits per heavy atom. The number of nitrogens with zero attached hydrogens (tertiary/aromatic N) is 1. The van der Waals surface area contributed by atoms with Crippen LogP contribution in [-0.2, 0) is 14.8 Å². The van der Waals surface area contributed by atoms with Crippen LogP contribution in [0.4, 0.5) is 0 Å². The zero-order valence-corrected chi connectivity index (χ0v) is 11.7. The zero-order chi connectivity index (χ0) is 13.1. The van der Waals surface area contributed by atoms with Crippen molar-refractivity contribution in [3.05, 3.63) is 0 Å². The third-order valence-electron chi connectivity index (χ3n) is 3.11. The molecule has 102 valence electrons. The fourth-order valence-corrected chi connectivity index (χ4v) is 3.12. The predicted octanol–water partition coefficient (Wildman–Crippen LogP) is 0.410. The van der Waals surface area contributed by atoms with Crippen molar-refractivity contribution >= 4 is 10.0 Å². The SMILES string of the molecule is CC(C)OCCS(=O)(=O)N(C)C(CN)C1CC1. The van der Waals surface area contributed by atoms with Crippen molar-refractivity contribution in [1.82, 2.24) is 4.31 Å². The van der Waals surface area contributed by atoms with Crippen molar-refractivity contribution in [2.75, 3.05) is 26.0 Å². The van der Waals surface area contributed by atoms with Gasteiger partial charge in [0.1, 0.15) is 0 Å². The number of sulfonamides is 1. The van der Waals surface area contributed by atoms with Crippen molar-refractivity contribution in [2.24, 2.45) is 11.7 Å². The molecule has 0 heterocycles. The summed E-state index contributed by atoms with van der Waals surface area (Å²) in [5.41, 5.74) is 5.65. The Kier molecular flexibility index (Phi) is 5.37. The van der Waals surface area contributed by atoms with Gasteiger partial charge in [0, 0.05) is 19.6 Å². The lowest BCUT2D eigenvalue weighted by molar-refractivity contribution is 0.0905. The minimum atomic E-state index is -3.24. The molecule has 0 spiro atoms. The van der Waals surface area contributed by atoms with E-state index in [4.69, 9.17) is 10.5 Å². The van der Waals surface area contributed by atoms with Crippen LogP contribution in [0, 0.1) is 5.92 Å². The highest BCUT2D eigenvalue weighted by molar-refractivity contribution is 7.89. The topological polar surface area (TPSA) is 72.6 Å². The summed E-state index contributed by atoms with van der Waals surface area (Å²) < 4.78 is 30.8. The van der Waals surface area contributed by atoms with Gasteiger partial charge in [-0.25, -0.2) is 12.7 Å². The van der Waals surface area contributed by atoms with Gasteiger partial charge in [0.2, 0.25) is 10.0 Å². The molecule has 0 aliphatic heterocycles. The number of ether oxygens (including phenoxy) is 1. The monoisotopic (exact) mass is 264 g/mol. The number of likely N-dealkylation sites (N-methyl/N-ethyl adjacent to an activating group) is 1. The van der Waals surface area contributed by atoms with Crippen molar-refractivity contribution in [3.8, 4) is 0 Å². The molecule has 5 nitrogen and oxygen atoms in total. The van der Waals surface area contributed by atoms with E-state index in [0.29, 0.717) is 12.5 Å². The lowest BCUT2D eigenvalue weighted by Crippen LogP contribution is -2.44. The summed E-state index contributed by atoms with van der Waals surface area (Å²) in [7, 11) is -1.62. The summed E-state index contributed by atoms with van der Waals surface area (Å²) in [5, 5.41) is 0. The van der Waals surface area contributed by atoms with Crippen LogP contribution in [0.5, 0.6) is 0 Å². The molecule has 1 rings (SSSR count). The summed E-state index contributed by atoms with van der Waals surface area (Å²) in [4.78, 5) is 0. The van der Waals surface area contributed by atoms with E-state index in [0.717, 1.165) is 12.8 Å². The largest absolute Gasteiger partial charge is 0.378 e. The Labute approximate surface area is 104 Å². The summed E-state index contributed by atoms with van der Waals surface area (Å²) in [6.07, 6.45) is 2.23. The van der Waals surface area contributed by atoms with Gasteiger partial charge in [-0.05, 0) is 32.6 Å². The smallest absolute Gasteiger partial charge is 0.216 e. The lowest BCUT2D eigenvalue weighted by atomic mass is 10.2. The van der Waals surface area contributed by atoms with E-state index < -0.39 is 10.0 Å². The Hall–Kier alpha value is -0.170. The maximum Gasteiger partial charge on any atom is 0.216 e. The van der Waals surface area contributed by atoms with Gasteiger partial charge in [0.25, 0.3) is 0 Å². The average Bonchev–Trinajstić information content (AvgIpc) is 3.02. The van der Waals surface area contributed by atoms with Gasteiger partial charge in [-0.3, -0.25) is 0 Å². The Morgan fingerprint density at radius 1 is 1.41 bits per heavy atom. The molecule has 17 heavy (non-hydrogen) atoms. The van der Waals surface area contributed by atoms with Gasteiger partial charge in [0.05, 0.1) is 18.5 Å². The molecule has 0 amide bonds. The van der Waals surface area contributed by atoms with Crippen molar-refractivity contribution < 1.29 is 13.2 Å². The molecule has 0 radical (unpaired) electrons. The van der Waals surface area contributed by atoms with Crippen LogP contribution in [0.15, 0.2) is 0 Å². The molecule has 1 unspecified atom stereocenters. The van der Waals surface area contributed by atoms with Crippen molar-refractivity contribution in [2.45, 2.75) is 38.8 Å². The number of rotatable bonds is 8. The van der Waals surface area contributed by atoms with Gasteiger partial charge >= 0.3 is 0 Å². The summed E-state index contributed by atoms with van der Waals surface area (Å²) in [5.74, 6) is 0.482. The van der Waals surface area contributed by atoms with Gasteiger partial charge < -0.3 is 10.5 Å². The fraction of sp³-hybridized carbons (Fsp3) is 1.00. The molecule has 1 aliphatic carbocycles. The van der Waals surface area contributed by atoms with E-state index in [1.165, 1.54) is 4.31 Å². The quantitative estimate of drug-likeness (QED) is 0.689. The molecule has 0 aromatic heterocycles. The highest BCUT2D eigenvalue weighted by atomic mass is 32.2. The Morgan fingerprint density at radius 3 is 2.41 bits per heavy atom. The molecular weight excluding hydrogens is 240 g/mol. The van der Waals surface area contributed by atoms with E-state index in [1.807, 2.05) is 13.8 Å². The minimum absolute atomic E-state index is 0.0326. The van der Waals surface area contributed by atoms with Crippen LogP contribution in [0.3, 0.4) is 0 Å². The first-order chi connectivity index (χ1) is 7.88. The van der Waals surface area contributed by atoms with Gasteiger partial charge in [-0.15, -0.1) is 0 Å². The second kappa shape index (κ2) is 6.13. The minimum Gasteiger partial charge on any atom is -0.378 e. The average molecular weight is 264 g/mol. The first kappa shape index (κ1) is 14.9. The molecule has 1 fully saturated rings. The van der Waals surface area contributed by atoms with Crippen LogP contribution >= 0.6 is 0 Å². The highest BCUT2D eigenvalue weighted by Gasteiger charge is 2.37. The number of hydrogen-bond donors (Lipinski definition) is 1. The molecule has 2 N–H and O–H groups in total. The maximum absolute atomic E-state index is 12.0. The van der Waals surface area contributed by atoms with E-state index in [9.17, 15) is 8.42 Å². The van der Waals surface area contributed by atoms with Crippen LogP contribution in [0.2, 0.25) is 0 Å². The predicted molar refractivity (Wildman–Crippen MR) is 68.2 cm³/mol. The second-order valence-electron chi connectivity index (χ2n) is 4.89. The first-order valence-electron chi connectivity index (χ1n) is 6.16. The molecule has 0 bridgehead atoms. The van der Waals surface area contributed by atoms with E-state index in [-0.39, 0.29) is 24.5 Å². The molecule has 6 heteroatoms. The third kappa shape index (κ3) is 4.54. The summed E-state index contributed by atoms with van der Waals surface area (Å²) in [6.45, 7) is 4.42.